The van der Waals surface area contributed by atoms with Crippen LogP contribution in [0.5, 0.6) is 0 Å². The van der Waals surface area contributed by atoms with Gasteiger partial charge in [0.05, 0.1) is 10.0 Å². The van der Waals surface area contributed by atoms with Crippen LogP contribution in [-0.4, -0.2) is 0 Å². The molecule has 0 bridgehead atoms. The first-order chi connectivity index (χ1) is 7.61. The van der Waals surface area contributed by atoms with E-state index in [0.29, 0.717) is 31.2 Å². The molecular weight excluding hydrogens is 286 g/mol. The third kappa shape index (κ3) is 2.16. The van der Waals surface area contributed by atoms with Crippen LogP contribution in [0.2, 0.25) is 20.1 Å². The summed E-state index contributed by atoms with van der Waals surface area (Å²) in [5.41, 5.74) is 1.25. The molecule has 0 atom stereocenters. The van der Waals surface area contributed by atoms with Crippen molar-refractivity contribution in [2.75, 3.05) is 0 Å². The summed E-state index contributed by atoms with van der Waals surface area (Å²) in [6.07, 6.45) is 0. The summed E-state index contributed by atoms with van der Waals surface area (Å²) >= 11 is 24.3. The second kappa shape index (κ2) is 4.85. The van der Waals surface area contributed by atoms with E-state index in [1.54, 1.807) is 30.3 Å². The van der Waals surface area contributed by atoms with Gasteiger partial charge in [0.1, 0.15) is 0 Å². The molecule has 2 aromatic rings. The minimum absolute atomic E-state index is 0.405. The zero-order valence-electron chi connectivity index (χ0n) is 7.90. The van der Waals surface area contributed by atoms with Crippen LogP contribution in [0, 0.1) is 6.07 Å². The number of halogens is 4. The maximum atomic E-state index is 6.09. The highest BCUT2D eigenvalue weighted by Gasteiger charge is 2.14. The van der Waals surface area contributed by atoms with Gasteiger partial charge in [0.2, 0.25) is 0 Å². The van der Waals surface area contributed by atoms with E-state index in [2.05, 4.69) is 6.07 Å². The summed E-state index contributed by atoms with van der Waals surface area (Å²) in [5.74, 6) is 0. The minimum Gasteiger partial charge on any atom is -0.0836 e. The zero-order valence-corrected chi connectivity index (χ0v) is 10.9. The first-order valence-electron chi connectivity index (χ1n) is 4.41. The second-order valence-corrected chi connectivity index (χ2v) is 4.71. The van der Waals surface area contributed by atoms with Crippen molar-refractivity contribution in [3.05, 3.63) is 56.5 Å². The summed E-state index contributed by atoms with van der Waals surface area (Å²) in [5, 5.41) is 1.92. The van der Waals surface area contributed by atoms with Gasteiger partial charge in [-0.2, -0.15) is 0 Å². The van der Waals surface area contributed by atoms with Crippen molar-refractivity contribution in [1.82, 2.24) is 0 Å². The van der Waals surface area contributed by atoms with Gasteiger partial charge in [-0.3, -0.25) is 0 Å². The fourth-order valence-corrected chi connectivity index (χ4v) is 2.56. The van der Waals surface area contributed by atoms with E-state index in [4.69, 9.17) is 46.4 Å². The summed E-state index contributed by atoms with van der Waals surface area (Å²) < 4.78 is 0. The molecule has 0 saturated heterocycles. The molecule has 0 aliphatic carbocycles. The number of rotatable bonds is 1. The average Bonchev–Trinajstić information content (AvgIpc) is 2.21. The predicted molar refractivity (Wildman–Crippen MR) is 70.8 cm³/mol. The van der Waals surface area contributed by atoms with Gasteiger partial charge in [-0.15, -0.1) is 0 Å². The predicted octanol–water partition coefficient (Wildman–Crippen LogP) is 5.77. The van der Waals surface area contributed by atoms with Gasteiger partial charge in [-0.25, -0.2) is 0 Å². The molecule has 4 heteroatoms. The van der Waals surface area contributed by atoms with Crippen LogP contribution >= 0.6 is 46.4 Å². The Kier molecular flexibility index (Phi) is 3.66. The Balaban J connectivity index is 2.77. The molecule has 1 radical (unpaired) electrons. The lowest BCUT2D eigenvalue weighted by Gasteiger charge is -2.10. The van der Waals surface area contributed by atoms with E-state index in [0.717, 1.165) is 0 Å². The highest BCUT2D eigenvalue weighted by Crippen LogP contribution is 2.41. The topological polar surface area (TPSA) is 0 Å². The second-order valence-electron chi connectivity index (χ2n) is 3.11. The van der Waals surface area contributed by atoms with Crippen LogP contribution in [0.15, 0.2) is 30.3 Å². The van der Waals surface area contributed by atoms with E-state index in [-0.39, 0.29) is 0 Å². The van der Waals surface area contributed by atoms with E-state index in [1.807, 2.05) is 0 Å². The molecule has 0 aliphatic rings. The molecule has 0 saturated carbocycles. The lowest BCUT2D eigenvalue weighted by atomic mass is 10.1. The quantitative estimate of drug-likeness (QED) is 0.626. The van der Waals surface area contributed by atoms with Crippen molar-refractivity contribution in [3.63, 3.8) is 0 Å². The molecule has 0 unspecified atom stereocenters. The van der Waals surface area contributed by atoms with E-state index in [1.165, 1.54) is 0 Å². The molecule has 16 heavy (non-hydrogen) atoms. The Morgan fingerprint density at radius 3 is 1.88 bits per heavy atom. The summed E-state index contributed by atoms with van der Waals surface area (Å²) in [4.78, 5) is 0. The molecular formula is C12H5Cl4. The van der Waals surface area contributed by atoms with Gasteiger partial charge in [0.25, 0.3) is 0 Å². The Bertz CT molecular complexity index is 445. The fraction of sp³-hybridized carbons (Fsp3) is 0. The fourth-order valence-electron chi connectivity index (χ4n) is 1.41. The third-order valence-corrected chi connectivity index (χ3v) is 3.35. The standard InChI is InChI=1S/C12H5Cl4/c13-7-3-1-4-8(14)11(7)12-9(15)5-2-6-10(12)16/h1-5H. The first kappa shape index (κ1) is 12.1. The van der Waals surface area contributed by atoms with Crippen LogP contribution in [0.4, 0.5) is 0 Å². The van der Waals surface area contributed by atoms with Crippen molar-refractivity contribution in [2.45, 2.75) is 0 Å². The molecule has 0 amide bonds. The van der Waals surface area contributed by atoms with Gasteiger partial charge in [0, 0.05) is 27.2 Å². The largest absolute Gasteiger partial charge is 0.0836 e. The molecule has 0 heterocycles. The highest BCUT2D eigenvalue weighted by molar-refractivity contribution is 6.44. The van der Waals surface area contributed by atoms with Crippen LogP contribution in [0.1, 0.15) is 0 Å². The van der Waals surface area contributed by atoms with Gasteiger partial charge in [-0.05, 0) is 18.2 Å². The molecule has 0 aromatic heterocycles. The smallest absolute Gasteiger partial charge is 0.0579 e. The van der Waals surface area contributed by atoms with Crippen molar-refractivity contribution in [2.24, 2.45) is 0 Å². The summed E-state index contributed by atoms with van der Waals surface area (Å²) in [6.45, 7) is 0. The first-order valence-corrected chi connectivity index (χ1v) is 5.92. The lowest BCUT2D eigenvalue weighted by molar-refractivity contribution is 1.61. The number of benzene rings is 2. The maximum absolute atomic E-state index is 6.09. The number of hydrogen-bond acceptors (Lipinski definition) is 0. The monoisotopic (exact) mass is 289 g/mol. The molecule has 0 N–H and O–H groups in total. The minimum atomic E-state index is 0.405. The molecule has 0 nitrogen and oxygen atoms in total. The lowest BCUT2D eigenvalue weighted by Crippen LogP contribution is -1.85. The van der Waals surface area contributed by atoms with Crippen LogP contribution in [0.3, 0.4) is 0 Å². The molecule has 2 rings (SSSR count). The van der Waals surface area contributed by atoms with Gasteiger partial charge in [0.15, 0.2) is 0 Å². The van der Waals surface area contributed by atoms with Crippen molar-refractivity contribution < 1.29 is 0 Å². The summed E-state index contributed by atoms with van der Waals surface area (Å²) in [7, 11) is 0. The van der Waals surface area contributed by atoms with Crippen molar-refractivity contribution in [3.8, 4) is 11.1 Å². The molecule has 0 spiro atoms. The molecule has 2 aromatic carbocycles. The van der Waals surface area contributed by atoms with Crippen LogP contribution in [0.25, 0.3) is 11.1 Å². The Morgan fingerprint density at radius 1 is 0.750 bits per heavy atom. The third-order valence-electron chi connectivity index (χ3n) is 2.11. The van der Waals surface area contributed by atoms with Gasteiger partial charge >= 0.3 is 0 Å². The number of hydrogen-bond donors (Lipinski definition) is 0. The summed E-state index contributed by atoms with van der Waals surface area (Å²) in [6, 6.07) is 11.4. The van der Waals surface area contributed by atoms with E-state index in [9.17, 15) is 0 Å². The Morgan fingerprint density at radius 2 is 1.31 bits per heavy atom. The van der Waals surface area contributed by atoms with Gasteiger partial charge < -0.3 is 0 Å². The molecule has 0 fully saturated rings. The maximum Gasteiger partial charge on any atom is 0.0579 e. The Hall–Kier alpha value is -0.400. The average molecular weight is 291 g/mol. The normalized spacial score (nSPS) is 10.5. The van der Waals surface area contributed by atoms with Crippen molar-refractivity contribution in [1.29, 1.82) is 0 Å². The van der Waals surface area contributed by atoms with E-state index < -0.39 is 0 Å². The van der Waals surface area contributed by atoms with Crippen LogP contribution < -0.4 is 0 Å². The molecule has 0 aliphatic heterocycles. The van der Waals surface area contributed by atoms with Gasteiger partial charge in [-0.1, -0.05) is 58.5 Å². The SMILES string of the molecule is Clc1[c]ccc(Cl)c1-c1c(Cl)cccc1Cl. The molecule has 81 valence electrons. The van der Waals surface area contributed by atoms with E-state index >= 15 is 0 Å². The highest BCUT2D eigenvalue weighted by atomic mass is 35.5. The Labute approximate surface area is 114 Å². The van der Waals surface area contributed by atoms with Crippen molar-refractivity contribution >= 4 is 46.4 Å². The van der Waals surface area contributed by atoms with Crippen LogP contribution in [-0.2, 0) is 0 Å². The zero-order chi connectivity index (χ0) is 11.7.